The summed E-state index contributed by atoms with van der Waals surface area (Å²) in [6.45, 7) is 13.5. The molecule has 0 fully saturated rings. The third-order valence-corrected chi connectivity index (χ3v) is 2.83. The van der Waals surface area contributed by atoms with Gasteiger partial charge in [0.1, 0.15) is 6.23 Å². The van der Waals surface area contributed by atoms with Crippen LogP contribution in [0.15, 0.2) is 0 Å². The van der Waals surface area contributed by atoms with Crippen LogP contribution in [0.3, 0.4) is 0 Å². The first-order chi connectivity index (χ1) is 6.69. The van der Waals surface area contributed by atoms with Crippen molar-refractivity contribution in [1.82, 2.24) is 9.80 Å². The Morgan fingerprint density at radius 3 is 1.79 bits per heavy atom. The van der Waals surface area contributed by atoms with E-state index in [9.17, 15) is 5.11 Å². The third-order valence-electron chi connectivity index (χ3n) is 2.83. The Morgan fingerprint density at radius 1 is 0.929 bits per heavy atom. The fraction of sp³-hybridized carbons (Fsp3) is 1.00. The van der Waals surface area contributed by atoms with Crippen LogP contribution in [0.1, 0.15) is 34.1 Å². The van der Waals surface area contributed by atoms with E-state index in [1.165, 1.54) is 0 Å². The summed E-state index contributed by atoms with van der Waals surface area (Å²) in [5.41, 5.74) is 0. The van der Waals surface area contributed by atoms with Crippen LogP contribution in [-0.2, 0) is 0 Å². The summed E-state index contributed by atoms with van der Waals surface area (Å²) in [5, 5.41) is 9.85. The van der Waals surface area contributed by atoms with Crippen molar-refractivity contribution in [2.75, 3.05) is 32.7 Å². The minimum atomic E-state index is -0.273. The fourth-order valence-corrected chi connectivity index (χ4v) is 1.67. The molecule has 1 unspecified atom stereocenters. The van der Waals surface area contributed by atoms with Crippen LogP contribution < -0.4 is 0 Å². The van der Waals surface area contributed by atoms with Gasteiger partial charge in [-0.05, 0) is 32.6 Å². The van der Waals surface area contributed by atoms with E-state index >= 15 is 0 Å². The van der Waals surface area contributed by atoms with Crippen molar-refractivity contribution in [3.63, 3.8) is 0 Å². The van der Waals surface area contributed by atoms with E-state index in [0.29, 0.717) is 0 Å². The van der Waals surface area contributed by atoms with E-state index in [0.717, 1.165) is 39.1 Å². The van der Waals surface area contributed by atoms with Gasteiger partial charge in [-0.3, -0.25) is 4.90 Å². The fourth-order valence-electron chi connectivity index (χ4n) is 1.67. The number of aliphatic hydroxyl groups is 1. The highest BCUT2D eigenvalue weighted by Gasteiger charge is 2.12. The van der Waals surface area contributed by atoms with Gasteiger partial charge in [0, 0.05) is 6.54 Å². The minimum absolute atomic E-state index is 0.273. The lowest BCUT2D eigenvalue weighted by atomic mass is 10.3. The zero-order chi connectivity index (χ0) is 11.0. The van der Waals surface area contributed by atoms with Gasteiger partial charge in [-0.2, -0.15) is 0 Å². The van der Waals surface area contributed by atoms with Crippen molar-refractivity contribution in [3.05, 3.63) is 0 Å². The zero-order valence-electron chi connectivity index (χ0n) is 10.2. The molecule has 0 bridgehead atoms. The molecule has 0 aliphatic carbocycles. The lowest BCUT2D eigenvalue weighted by Crippen LogP contribution is -2.38. The van der Waals surface area contributed by atoms with Gasteiger partial charge in [0.2, 0.25) is 0 Å². The van der Waals surface area contributed by atoms with Crippen LogP contribution >= 0.6 is 0 Å². The summed E-state index contributed by atoms with van der Waals surface area (Å²) in [4.78, 5) is 4.43. The van der Waals surface area contributed by atoms with Crippen LogP contribution in [0.2, 0.25) is 0 Å². The van der Waals surface area contributed by atoms with E-state index < -0.39 is 0 Å². The largest absolute Gasteiger partial charge is 0.378 e. The monoisotopic (exact) mass is 202 g/mol. The van der Waals surface area contributed by atoms with Gasteiger partial charge in [0.25, 0.3) is 0 Å². The number of hydrogen-bond acceptors (Lipinski definition) is 3. The Labute approximate surface area is 88.7 Å². The van der Waals surface area contributed by atoms with Crippen molar-refractivity contribution in [1.29, 1.82) is 0 Å². The Morgan fingerprint density at radius 2 is 1.43 bits per heavy atom. The molecule has 3 heteroatoms. The highest BCUT2D eigenvalue weighted by Crippen LogP contribution is 2.02. The zero-order valence-corrected chi connectivity index (χ0v) is 10.2. The average Bonchev–Trinajstić information content (AvgIpc) is 2.21. The molecule has 0 aliphatic rings. The van der Waals surface area contributed by atoms with Crippen LogP contribution in [-0.4, -0.2) is 53.9 Å². The highest BCUT2D eigenvalue weighted by molar-refractivity contribution is 4.61. The van der Waals surface area contributed by atoms with E-state index in [1.807, 2.05) is 0 Å². The second-order valence-corrected chi connectivity index (χ2v) is 3.52. The van der Waals surface area contributed by atoms with Gasteiger partial charge in [-0.15, -0.1) is 0 Å². The van der Waals surface area contributed by atoms with Gasteiger partial charge in [-0.1, -0.05) is 27.7 Å². The highest BCUT2D eigenvalue weighted by atomic mass is 16.3. The molecule has 0 heterocycles. The average molecular weight is 202 g/mol. The lowest BCUT2D eigenvalue weighted by molar-refractivity contribution is -0.00166. The first-order valence-corrected chi connectivity index (χ1v) is 5.83. The maximum atomic E-state index is 9.85. The summed E-state index contributed by atoms with van der Waals surface area (Å²) in [6.07, 6.45) is 0.578. The Bertz CT molecular complexity index is 122. The molecule has 1 N–H and O–H groups in total. The maximum Gasteiger partial charge on any atom is 0.108 e. The van der Waals surface area contributed by atoms with E-state index in [1.54, 1.807) is 0 Å². The molecule has 0 aromatic rings. The van der Waals surface area contributed by atoms with Gasteiger partial charge in [-0.25, -0.2) is 0 Å². The molecular weight excluding hydrogens is 176 g/mol. The van der Waals surface area contributed by atoms with Crippen molar-refractivity contribution < 1.29 is 5.11 Å². The summed E-state index contributed by atoms with van der Waals surface area (Å²) >= 11 is 0. The summed E-state index contributed by atoms with van der Waals surface area (Å²) in [5.74, 6) is 0. The smallest absolute Gasteiger partial charge is 0.108 e. The molecule has 0 amide bonds. The summed E-state index contributed by atoms with van der Waals surface area (Å²) in [6, 6.07) is 0. The standard InChI is InChI=1S/C11H26N2O/c1-5-12(6-2)10-9-11(14)13(7-3)8-4/h11,14H,5-10H2,1-4H3. The van der Waals surface area contributed by atoms with E-state index in [-0.39, 0.29) is 6.23 Å². The van der Waals surface area contributed by atoms with Crippen LogP contribution in [0, 0.1) is 0 Å². The third kappa shape index (κ3) is 4.94. The minimum Gasteiger partial charge on any atom is -0.378 e. The van der Waals surface area contributed by atoms with Crippen LogP contribution in [0.5, 0.6) is 0 Å². The van der Waals surface area contributed by atoms with Crippen LogP contribution in [0.4, 0.5) is 0 Å². The van der Waals surface area contributed by atoms with Gasteiger partial charge in [0.05, 0.1) is 0 Å². The SMILES string of the molecule is CCN(CC)CCC(O)N(CC)CC. The van der Waals surface area contributed by atoms with Crippen molar-refractivity contribution >= 4 is 0 Å². The molecule has 0 aromatic carbocycles. The summed E-state index contributed by atoms with van der Waals surface area (Å²) in [7, 11) is 0. The molecule has 86 valence electrons. The molecule has 0 radical (unpaired) electrons. The molecule has 1 atom stereocenters. The predicted molar refractivity (Wildman–Crippen MR) is 61.3 cm³/mol. The molecular formula is C11H26N2O. The molecule has 0 spiro atoms. The molecule has 14 heavy (non-hydrogen) atoms. The number of aliphatic hydroxyl groups excluding tert-OH is 1. The Balaban J connectivity index is 3.75. The van der Waals surface area contributed by atoms with Gasteiger partial charge in [0.15, 0.2) is 0 Å². The second kappa shape index (κ2) is 8.21. The molecule has 0 aliphatic heterocycles. The van der Waals surface area contributed by atoms with Gasteiger partial charge < -0.3 is 10.0 Å². The number of rotatable bonds is 8. The summed E-state index contributed by atoms with van der Waals surface area (Å²) < 4.78 is 0. The Kier molecular flexibility index (Phi) is 8.14. The first kappa shape index (κ1) is 13.9. The molecule has 0 saturated carbocycles. The topological polar surface area (TPSA) is 26.7 Å². The first-order valence-electron chi connectivity index (χ1n) is 5.83. The lowest BCUT2D eigenvalue weighted by Gasteiger charge is -2.27. The quantitative estimate of drug-likeness (QED) is 0.602. The Hall–Kier alpha value is -0.120. The van der Waals surface area contributed by atoms with Gasteiger partial charge >= 0.3 is 0 Å². The van der Waals surface area contributed by atoms with Crippen LogP contribution in [0.25, 0.3) is 0 Å². The molecule has 0 saturated heterocycles. The van der Waals surface area contributed by atoms with E-state index in [2.05, 4.69) is 37.5 Å². The van der Waals surface area contributed by atoms with Crippen molar-refractivity contribution in [2.24, 2.45) is 0 Å². The van der Waals surface area contributed by atoms with E-state index in [4.69, 9.17) is 0 Å². The number of nitrogens with zero attached hydrogens (tertiary/aromatic N) is 2. The normalized spacial score (nSPS) is 13.9. The molecule has 0 rings (SSSR count). The van der Waals surface area contributed by atoms with Crippen molar-refractivity contribution in [2.45, 2.75) is 40.3 Å². The molecule has 3 nitrogen and oxygen atoms in total. The predicted octanol–water partition coefficient (Wildman–Crippen LogP) is 1.38. The maximum absolute atomic E-state index is 9.85. The van der Waals surface area contributed by atoms with Crippen molar-refractivity contribution in [3.8, 4) is 0 Å². The number of hydrogen-bond donors (Lipinski definition) is 1. The second-order valence-electron chi connectivity index (χ2n) is 3.52. The molecule has 0 aromatic heterocycles.